The molecule has 0 saturated carbocycles. The van der Waals surface area contributed by atoms with Crippen molar-refractivity contribution >= 4 is 5.91 Å². The molecule has 0 unspecified atom stereocenters. The van der Waals surface area contributed by atoms with E-state index in [4.69, 9.17) is 0 Å². The molecule has 0 aliphatic carbocycles. The van der Waals surface area contributed by atoms with Crippen molar-refractivity contribution in [3.05, 3.63) is 35.4 Å². The van der Waals surface area contributed by atoms with Crippen molar-refractivity contribution in [2.24, 2.45) is 0 Å². The summed E-state index contributed by atoms with van der Waals surface area (Å²) in [4.78, 5) is 16.4. The van der Waals surface area contributed by atoms with Crippen LogP contribution < -0.4 is 5.32 Å². The summed E-state index contributed by atoms with van der Waals surface area (Å²) in [5.74, 6) is 0.273. The monoisotopic (exact) mass is 275 g/mol. The number of rotatable bonds is 5. The first-order valence-corrected chi connectivity index (χ1v) is 7.39. The summed E-state index contributed by atoms with van der Waals surface area (Å²) in [6.45, 7) is 7.53. The molecule has 1 aromatic carbocycles. The Morgan fingerprint density at radius 2 is 2.00 bits per heavy atom. The number of piperazine rings is 1. The molecule has 1 N–H and O–H groups in total. The molecular weight excluding hydrogens is 250 g/mol. The van der Waals surface area contributed by atoms with Crippen LogP contribution in [0.15, 0.2) is 24.3 Å². The Morgan fingerprint density at radius 3 is 2.65 bits per heavy atom. The minimum atomic E-state index is 0.273. The van der Waals surface area contributed by atoms with Gasteiger partial charge in [-0.2, -0.15) is 0 Å². The summed E-state index contributed by atoms with van der Waals surface area (Å²) in [5, 5.41) is 3.03. The Balaban J connectivity index is 1.78. The zero-order valence-electron chi connectivity index (χ0n) is 12.6. The first kappa shape index (κ1) is 15.0. The molecule has 1 heterocycles. The van der Waals surface area contributed by atoms with E-state index >= 15 is 0 Å². The number of aryl methyl sites for hydroxylation is 1. The largest absolute Gasteiger partial charge is 0.340 e. The zero-order valence-corrected chi connectivity index (χ0v) is 12.6. The minimum absolute atomic E-state index is 0.273. The first-order chi connectivity index (χ1) is 9.69. The third kappa shape index (κ3) is 4.32. The van der Waals surface area contributed by atoms with Gasteiger partial charge < -0.3 is 10.2 Å². The van der Waals surface area contributed by atoms with Crippen molar-refractivity contribution in [2.45, 2.75) is 19.9 Å². The molecule has 1 aliphatic heterocycles. The highest BCUT2D eigenvalue weighted by Crippen LogP contribution is 2.10. The summed E-state index contributed by atoms with van der Waals surface area (Å²) >= 11 is 0. The molecule has 0 aromatic heterocycles. The van der Waals surface area contributed by atoms with Crippen LogP contribution in [0, 0.1) is 6.92 Å². The highest BCUT2D eigenvalue weighted by atomic mass is 16.2. The van der Waals surface area contributed by atoms with E-state index in [1.165, 1.54) is 11.1 Å². The van der Waals surface area contributed by atoms with E-state index < -0.39 is 0 Å². The minimum Gasteiger partial charge on any atom is -0.340 e. The van der Waals surface area contributed by atoms with Gasteiger partial charge in [0.05, 0.1) is 0 Å². The molecular formula is C16H25N3O. The van der Waals surface area contributed by atoms with Crippen LogP contribution in [0.2, 0.25) is 0 Å². The van der Waals surface area contributed by atoms with Gasteiger partial charge in [0, 0.05) is 45.7 Å². The lowest BCUT2D eigenvalue weighted by molar-refractivity contribution is -0.132. The normalized spacial score (nSPS) is 16.4. The quantitative estimate of drug-likeness (QED) is 0.878. The molecule has 1 aromatic rings. The molecule has 0 atom stereocenters. The van der Waals surface area contributed by atoms with Crippen LogP contribution in [0.25, 0.3) is 0 Å². The number of nitrogens with one attached hydrogen (secondary N) is 1. The number of nitrogens with zero attached hydrogens (tertiary/aromatic N) is 2. The maximum atomic E-state index is 11.9. The van der Waals surface area contributed by atoms with Crippen molar-refractivity contribution in [1.29, 1.82) is 0 Å². The number of carbonyl (C=O) groups is 1. The lowest BCUT2D eigenvalue weighted by Gasteiger charge is -2.34. The van der Waals surface area contributed by atoms with Gasteiger partial charge in [-0.15, -0.1) is 0 Å². The predicted molar refractivity (Wildman–Crippen MR) is 81.6 cm³/mol. The third-order valence-corrected chi connectivity index (χ3v) is 3.80. The second-order valence-corrected chi connectivity index (χ2v) is 5.50. The van der Waals surface area contributed by atoms with Crippen LogP contribution in [0.3, 0.4) is 0 Å². The van der Waals surface area contributed by atoms with Crippen molar-refractivity contribution in [1.82, 2.24) is 15.1 Å². The molecule has 1 amide bonds. The van der Waals surface area contributed by atoms with Gasteiger partial charge in [-0.3, -0.25) is 9.69 Å². The maximum absolute atomic E-state index is 11.9. The van der Waals surface area contributed by atoms with Crippen LogP contribution in [0.1, 0.15) is 17.5 Å². The molecule has 4 nitrogen and oxygen atoms in total. The van der Waals surface area contributed by atoms with Crippen molar-refractivity contribution < 1.29 is 4.79 Å². The van der Waals surface area contributed by atoms with E-state index in [1.54, 1.807) is 0 Å². The SMILES string of the molecule is CNCCC(=O)N1CCN(Cc2cccc(C)c2)CC1. The molecule has 110 valence electrons. The van der Waals surface area contributed by atoms with E-state index in [2.05, 4.69) is 41.4 Å². The van der Waals surface area contributed by atoms with Crippen LogP contribution >= 0.6 is 0 Å². The fraction of sp³-hybridized carbons (Fsp3) is 0.562. The predicted octanol–water partition coefficient (Wildman–Crippen LogP) is 1.25. The van der Waals surface area contributed by atoms with Gasteiger partial charge >= 0.3 is 0 Å². The van der Waals surface area contributed by atoms with Gasteiger partial charge in [-0.1, -0.05) is 29.8 Å². The molecule has 0 bridgehead atoms. The molecule has 2 rings (SSSR count). The summed E-state index contributed by atoms with van der Waals surface area (Å²) in [7, 11) is 1.88. The smallest absolute Gasteiger partial charge is 0.223 e. The van der Waals surface area contributed by atoms with Gasteiger partial charge in [0.25, 0.3) is 0 Å². The number of benzene rings is 1. The molecule has 0 radical (unpaired) electrons. The maximum Gasteiger partial charge on any atom is 0.223 e. The second-order valence-electron chi connectivity index (χ2n) is 5.50. The lowest BCUT2D eigenvalue weighted by Crippen LogP contribution is -2.48. The van der Waals surface area contributed by atoms with Crippen molar-refractivity contribution in [3.8, 4) is 0 Å². The van der Waals surface area contributed by atoms with E-state index in [1.807, 2.05) is 11.9 Å². The Bertz CT molecular complexity index is 439. The average Bonchev–Trinajstić information content (AvgIpc) is 2.45. The fourth-order valence-electron chi connectivity index (χ4n) is 2.61. The van der Waals surface area contributed by atoms with Crippen LogP contribution in [0.5, 0.6) is 0 Å². The van der Waals surface area contributed by atoms with Gasteiger partial charge in [-0.05, 0) is 19.5 Å². The molecule has 1 fully saturated rings. The van der Waals surface area contributed by atoms with E-state index in [0.717, 1.165) is 39.3 Å². The third-order valence-electron chi connectivity index (χ3n) is 3.80. The number of carbonyl (C=O) groups excluding carboxylic acids is 1. The highest BCUT2D eigenvalue weighted by molar-refractivity contribution is 5.76. The molecule has 20 heavy (non-hydrogen) atoms. The van der Waals surface area contributed by atoms with Gasteiger partial charge in [0.15, 0.2) is 0 Å². The standard InChI is InChI=1S/C16H25N3O/c1-14-4-3-5-15(12-14)13-18-8-10-19(11-9-18)16(20)6-7-17-2/h3-5,12,17H,6-11,13H2,1-2H3. The topological polar surface area (TPSA) is 35.6 Å². The van der Waals surface area contributed by atoms with Crippen molar-refractivity contribution in [2.75, 3.05) is 39.8 Å². The van der Waals surface area contributed by atoms with Crippen molar-refractivity contribution in [3.63, 3.8) is 0 Å². The summed E-state index contributed by atoms with van der Waals surface area (Å²) in [6.07, 6.45) is 0.606. The summed E-state index contributed by atoms with van der Waals surface area (Å²) < 4.78 is 0. The van der Waals surface area contributed by atoms with Crippen LogP contribution in [-0.4, -0.2) is 55.5 Å². The Morgan fingerprint density at radius 1 is 1.25 bits per heavy atom. The number of amides is 1. The molecule has 0 spiro atoms. The van der Waals surface area contributed by atoms with Crippen LogP contribution in [0.4, 0.5) is 0 Å². The first-order valence-electron chi connectivity index (χ1n) is 7.39. The Hall–Kier alpha value is -1.39. The average molecular weight is 275 g/mol. The van der Waals surface area contributed by atoms with E-state index in [9.17, 15) is 4.79 Å². The highest BCUT2D eigenvalue weighted by Gasteiger charge is 2.20. The van der Waals surface area contributed by atoms with Gasteiger partial charge in [0.2, 0.25) is 5.91 Å². The summed E-state index contributed by atoms with van der Waals surface area (Å²) in [5.41, 5.74) is 2.67. The van der Waals surface area contributed by atoms with Gasteiger partial charge in [-0.25, -0.2) is 0 Å². The zero-order chi connectivity index (χ0) is 14.4. The number of hydrogen-bond donors (Lipinski definition) is 1. The van der Waals surface area contributed by atoms with E-state index in [-0.39, 0.29) is 5.91 Å². The molecule has 1 aliphatic rings. The lowest BCUT2D eigenvalue weighted by atomic mass is 10.1. The van der Waals surface area contributed by atoms with Gasteiger partial charge in [0.1, 0.15) is 0 Å². The molecule has 1 saturated heterocycles. The van der Waals surface area contributed by atoms with Crippen LogP contribution in [-0.2, 0) is 11.3 Å². The Kier molecular flexibility index (Phi) is 5.56. The van der Waals surface area contributed by atoms with E-state index in [0.29, 0.717) is 6.42 Å². The molecule has 4 heteroatoms. The number of hydrogen-bond acceptors (Lipinski definition) is 3. The Labute approximate surface area is 121 Å². The summed E-state index contributed by atoms with van der Waals surface area (Å²) in [6, 6.07) is 8.66. The fourth-order valence-corrected chi connectivity index (χ4v) is 2.61. The second kappa shape index (κ2) is 7.41.